The third kappa shape index (κ3) is 2.83. The molecule has 0 aromatic rings. The van der Waals surface area contributed by atoms with Gasteiger partial charge in [-0.05, 0) is 44.6 Å². The summed E-state index contributed by atoms with van der Waals surface area (Å²) in [6.07, 6.45) is 6.01. The molecule has 1 atom stereocenters. The standard InChI is InChI=1S/C14H28N2O/c1-13(2)5-7-14(8-6-13,11-15-3)16-9-4-12(17)10-16/h12,15,17H,4-11H2,1-3H3/t12-/m0/s1. The van der Waals surface area contributed by atoms with Crippen LogP contribution in [0.5, 0.6) is 0 Å². The largest absolute Gasteiger partial charge is 0.392 e. The van der Waals surface area contributed by atoms with Gasteiger partial charge in [0.25, 0.3) is 0 Å². The highest BCUT2D eigenvalue weighted by molar-refractivity contribution is 5.00. The summed E-state index contributed by atoms with van der Waals surface area (Å²) in [7, 11) is 2.05. The van der Waals surface area contributed by atoms with E-state index < -0.39 is 0 Å². The first kappa shape index (κ1) is 13.3. The topological polar surface area (TPSA) is 35.5 Å². The Morgan fingerprint density at radius 2 is 1.88 bits per heavy atom. The lowest BCUT2D eigenvalue weighted by Crippen LogP contribution is -2.56. The van der Waals surface area contributed by atoms with Gasteiger partial charge in [0.15, 0.2) is 0 Å². The van der Waals surface area contributed by atoms with Crippen molar-refractivity contribution in [2.45, 2.75) is 57.6 Å². The van der Waals surface area contributed by atoms with E-state index in [-0.39, 0.29) is 6.10 Å². The fourth-order valence-electron chi connectivity index (χ4n) is 3.50. The number of β-amino-alcohol motifs (C(OH)–C–C–N with tert-alkyl or cyclic N) is 1. The Morgan fingerprint density at radius 3 is 2.35 bits per heavy atom. The molecule has 1 heterocycles. The van der Waals surface area contributed by atoms with Crippen molar-refractivity contribution >= 4 is 0 Å². The van der Waals surface area contributed by atoms with Gasteiger partial charge in [-0.25, -0.2) is 0 Å². The smallest absolute Gasteiger partial charge is 0.0679 e. The molecular formula is C14H28N2O. The Morgan fingerprint density at radius 1 is 1.24 bits per heavy atom. The number of aliphatic hydroxyl groups excluding tert-OH is 1. The molecule has 0 aromatic heterocycles. The van der Waals surface area contributed by atoms with Crippen LogP contribution in [-0.4, -0.2) is 48.3 Å². The molecule has 2 rings (SSSR count). The number of likely N-dealkylation sites (tertiary alicyclic amines) is 1. The van der Waals surface area contributed by atoms with Crippen LogP contribution in [0.4, 0.5) is 0 Å². The van der Waals surface area contributed by atoms with Crippen LogP contribution in [0.3, 0.4) is 0 Å². The van der Waals surface area contributed by atoms with E-state index in [1.54, 1.807) is 0 Å². The van der Waals surface area contributed by atoms with Crippen LogP contribution in [0.15, 0.2) is 0 Å². The van der Waals surface area contributed by atoms with Crippen molar-refractivity contribution < 1.29 is 5.11 Å². The van der Waals surface area contributed by atoms with Crippen LogP contribution in [0.25, 0.3) is 0 Å². The minimum Gasteiger partial charge on any atom is -0.392 e. The first-order chi connectivity index (χ1) is 7.97. The van der Waals surface area contributed by atoms with Crippen molar-refractivity contribution in [3.63, 3.8) is 0 Å². The number of likely N-dealkylation sites (N-methyl/N-ethyl adjacent to an activating group) is 1. The molecule has 2 fully saturated rings. The predicted molar refractivity (Wildman–Crippen MR) is 71.1 cm³/mol. The van der Waals surface area contributed by atoms with E-state index >= 15 is 0 Å². The van der Waals surface area contributed by atoms with Gasteiger partial charge in [-0.1, -0.05) is 13.8 Å². The molecule has 0 unspecified atom stereocenters. The maximum Gasteiger partial charge on any atom is 0.0679 e. The van der Waals surface area contributed by atoms with Crippen molar-refractivity contribution in [1.82, 2.24) is 10.2 Å². The molecule has 3 heteroatoms. The first-order valence-corrected chi connectivity index (χ1v) is 7.05. The molecule has 1 aliphatic heterocycles. The molecule has 17 heavy (non-hydrogen) atoms. The van der Waals surface area contributed by atoms with E-state index in [0.717, 1.165) is 26.1 Å². The molecule has 1 aliphatic carbocycles. The molecule has 1 saturated carbocycles. The van der Waals surface area contributed by atoms with Gasteiger partial charge in [-0.15, -0.1) is 0 Å². The number of aliphatic hydroxyl groups is 1. The minimum absolute atomic E-state index is 0.0985. The van der Waals surface area contributed by atoms with Crippen LogP contribution in [0, 0.1) is 5.41 Å². The zero-order valence-corrected chi connectivity index (χ0v) is 11.6. The minimum atomic E-state index is -0.0985. The molecular weight excluding hydrogens is 212 g/mol. The molecule has 3 nitrogen and oxygen atoms in total. The predicted octanol–water partition coefficient (Wildman–Crippen LogP) is 1.61. The second-order valence-electron chi connectivity index (χ2n) is 6.81. The van der Waals surface area contributed by atoms with Gasteiger partial charge in [-0.3, -0.25) is 4.90 Å². The highest BCUT2D eigenvalue weighted by atomic mass is 16.3. The van der Waals surface area contributed by atoms with Gasteiger partial charge in [0.1, 0.15) is 0 Å². The molecule has 100 valence electrons. The Hall–Kier alpha value is -0.120. The number of nitrogens with zero attached hydrogens (tertiary/aromatic N) is 1. The zero-order chi connectivity index (χ0) is 12.5. The third-order valence-electron chi connectivity index (χ3n) is 4.87. The zero-order valence-electron chi connectivity index (χ0n) is 11.6. The highest BCUT2D eigenvalue weighted by Gasteiger charge is 2.44. The molecule has 2 aliphatic rings. The van der Waals surface area contributed by atoms with Gasteiger partial charge in [-0.2, -0.15) is 0 Å². The Balaban J connectivity index is 2.06. The second-order valence-corrected chi connectivity index (χ2v) is 6.81. The summed E-state index contributed by atoms with van der Waals surface area (Å²) in [5.74, 6) is 0. The summed E-state index contributed by atoms with van der Waals surface area (Å²) < 4.78 is 0. The van der Waals surface area contributed by atoms with E-state index in [0.29, 0.717) is 11.0 Å². The van der Waals surface area contributed by atoms with Crippen LogP contribution in [0.2, 0.25) is 0 Å². The molecule has 0 radical (unpaired) electrons. The van der Waals surface area contributed by atoms with Gasteiger partial charge < -0.3 is 10.4 Å². The van der Waals surface area contributed by atoms with E-state index in [9.17, 15) is 5.11 Å². The van der Waals surface area contributed by atoms with Crippen molar-refractivity contribution in [3.05, 3.63) is 0 Å². The van der Waals surface area contributed by atoms with Crippen molar-refractivity contribution in [1.29, 1.82) is 0 Å². The molecule has 0 aromatic carbocycles. The molecule has 1 saturated heterocycles. The third-order valence-corrected chi connectivity index (χ3v) is 4.87. The van der Waals surface area contributed by atoms with E-state index in [4.69, 9.17) is 0 Å². The van der Waals surface area contributed by atoms with Crippen LogP contribution >= 0.6 is 0 Å². The monoisotopic (exact) mass is 240 g/mol. The van der Waals surface area contributed by atoms with Gasteiger partial charge >= 0.3 is 0 Å². The number of nitrogens with one attached hydrogen (secondary N) is 1. The van der Waals surface area contributed by atoms with Gasteiger partial charge in [0.05, 0.1) is 6.10 Å². The maximum absolute atomic E-state index is 9.75. The molecule has 0 bridgehead atoms. The first-order valence-electron chi connectivity index (χ1n) is 7.05. The Kier molecular flexibility index (Phi) is 3.81. The number of hydrogen-bond donors (Lipinski definition) is 2. The van der Waals surface area contributed by atoms with Crippen LogP contribution in [0.1, 0.15) is 46.0 Å². The number of hydrogen-bond acceptors (Lipinski definition) is 3. The summed E-state index contributed by atoms with van der Waals surface area (Å²) in [6, 6.07) is 0. The summed E-state index contributed by atoms with van der Waals surface area (Å²) in [5, 5.41) is 13.1. The lowest BCUT2D eigenvalue weighted by Gasteiger charge is -2.49. The summed E-state index contributed by atoms with van der Waals surface area (Å²) in [6.45, 7) is 7.78. The quantitative estimate of drug-likeness (QED) is 0.787. The summed E-state index contributed by atoms with van der Waals surface area (Å²) >= 11 is 0. The van der Waals surface area contributed by atoms with E-state index in [1.165, 1.54) is 25.7 Å². The average molecular weight is 240 g/mol. The normalized spacial score (nSPS) is 32.8. The average Bonchev–Trinajstić information content (AvgIpc) is 2.69. The summed E-state index contributed by atoms with van der Waals surface area (Å²) in [5.41, 5.74) is 0.817. The molecule has 2 N–H and O–H groups in total. The lowest BCUT2D eigenvalue weighted by molar-refractivity contribution is 0.0258. The van der Waals surface area contributed by atoms with E-state index in [1.807, 2.05) is 7.05 Å². The molecule has 0 amide bonds. The second kappa shape index (κ2) is 4.87. The Labute approximate surface area is 106 Å². The van der Waals surface area contributed by atoms with E-state index in [2.05, 4.69) is 24.1 Å². The van der Waals surface area contributed by atoms with Crippen LogP contribution < -0.4 is 5.32 Å². The fraction of sp³-hybridized carbons (Fsp3) is 1.00. The summed E-state index contributed by atoms with van der Waals surface area (Å²) in [4.78, 5) is 2.55. The maximum atomic E-state index is 9.75. The fourth-order valence-corrected chi connectivity index (χ4v) is 3.50. The Bertz CT molecular complexity index is 255. The van der Waals surface area contributed by atoms with Crippen molar-refractivity contribution in [3.8, 4) is 0 Å². The highest BCUT2D eigenvalue weighted by Crippen LogP contribution is 2.43. The SMILES string of the molecule is CNCC1(N2CC[C@H](O)C2)CCC(C)(C)CC1. The van der Waals surface area contributed by atoms with Crippen molar-refractivity contribution in [2.24, 2.45) is 5.41 Å². The van der Waals surface area contributed by atoms with Gasteiger partial charge in [0.2, 0.25) is 0 Å². The number of rotatable bonds is 3. The lowest BCUT2D eigenvalue weighted by atomic mass is 9.68. The van der Waals surface area contributed by atoms with Crippen LogP contribution in [-0.2, 0) is 0 Å². The molecule has 0 spiro atoms. The van der Waals surface area contributed by atoms with Gasteiger partial charge in [0, 0.05) is 25.2 Å². The van der Waals surface area contributed by atoms with Crippen molar-refractivity contribution in [2.75, 3.05) is 26.7 Å².